The van der Waals surface area contributed by atoms with Gasteiger partial charge in [-0.3, -0.25) is 4.79 Å². The molecule has 0 aromatic heterocycles. The standard InChI is InChI=1S/C11H14ClN3O3S/c12-8-2-1-3-9(13)11(8)19(17,18)14-6-7-4-5-10(16)15-7/h1-3,7,14H,4-6,13H2,(H,15,16). The van der Waals surface area contributed by atoms with Crippen molar-refractivity contribution in [3.63, 3.8) is 0 Å². The van der Waals surface area contributed by atoms with Gasteiger partial charge in [-0.1, -0.05) is 17.7 Å². The lowest BCUT2D eigenvalue weighted by atomic mass is 10.2. The van der Waals surface area contributed by atoms with Gasteiger partial charge in [-0.2, -0.15) is 0 Å². The van der Waals surface area contributed by atoms with Gasteiger partial charge in [-0.15, -0.1) is 0 Å². The van der Waals surface area contributed by atoms with Gasteiger partial charge in [0.2, 0.25) is 15.9 Å². The molecule has 0 bridgehead atoms. The van der Waals surface area contributed by atoms with Crippen molar-refractivity contribution in [2.45, 2.75) is 23.8 Å². The second kappa shape index (κ2) is 5.36. The molecule has 1 aliphatic rings. The molecule has 19 heavy (non-hydrogen) atoms. The minimum Gasteiger partial charge on any atom is -0.398 e. The summed E-state index contributed by atoms with van der Waals surface area (Å²) in [4.78, 5) is 10.9. The molecular weight excluding hydrogens is 290 g/mol. The maximum absolute atomic E-state index is 12.1. The quantitative estimate of drug-likeness (QED) is 0.704. The van der Waals surface area contributed by atoms with Crippen LogP contribution in [0.5, 0.6) is 0 Å². The Balaban J connectivity index is 2.12. The third-order valence-corrected chi connectivity index (χ3v) is 4.84. The Hall–Kier alpha value is -1.31. The van der Waals surface area contributed by atoms with Gasteiger partial charge >= 0.3 is 0 Å². The third kappa shape index (κ3) is 3.17. The number of nitrogens with two attached hydrogens (primary N) is 1. The highest BCUT2D eigenvalue weighted by Crippen LogP contribution is 2.26. The van der Waals surface area contributed by atoms with E-state index in [0.717, 1.165) is 0 Å². The van der Waals surface area contributed by atoms with Crippen LogP contribution in [0.25, 0.3) is 0 Å². The molecule has 1 aromatic carbocycles. The van der Waals surface area contributed by atoms with E-state index in [-0.39, 0.29) is 34.1 Å². The average Bonchev–Trinajstić information content (AvgIpc) is 2.72. The second-order valence-electron chi connectivity index (χ2n) is 4.31. The summed E-state index contributed by atoms with van der Waals surface area (Å²) >= 11 is 5.86. The fourth-order valence-electron chi connectivity index (χ4n) is 1.92. The van der Waals surface area contributed by atoms with E-state index in [2.05, 4.69) is 10.0 Å². The van der Waals surface area contributed by atoms with E-state index < -0.39 is 10.0 Å². The first-order chi connectivity index (χ1) is 8.90. The molecule has 1 aromatic rings. The van der Waals surface area contributed by atoms with Gasteiger partial charge in [0.15, 0.2) is 0 Å². The maximum Gasteiger partial charge on any atom is 0.244 e. The first-order valence-corrected chi connectivity index (χ1v) is 7.59. The molecule has 2 rings (SSSR count). The minimum absolute atomic E-state index is 0.0681. The molecule has 1 heterocycles. The summed E-state index contributed by atoms with van der Waals surface area (Å²) in [6, 6.07) is 4.32. The Morgan fingerprint density at radius 2 is 2.21 bits per heavy atom. The number of amides is 1. The Bertz CT molecular complexity index is 583. The highest BCUT2D eigenvalue weighted by molar-refractivity contribution is 7.89. The molecule has 8 heteroatoms. The van der Waals surface area contributed by atoms with E-state index in [1.54, 1.807) is 6.07 Å². The molecule has 1 amide bonds. The number of halogens is 1. The van der Waals surface area contributed by atoms with Gasteiger partial charge in [0.05, 0.1) is 10.7 Å². The van der Waals surface area contributed by atoms with Gasteiger partial charge in [0, 0.05) is 19.0 Å². The molecule has 1 fully saturated rings. The van der Waals surface area contributed by atoms with Gasteiger partial charge in [0.1, 0.15) is 4.90 Å². The van der Waals surface area contributed by atoms with Crippen molar-refractivity contribution in [2.24, 2.45) is 0 Å². The van der Waals surface area contributed by atoms with E-state index >= 15 is 0 Å². The zero-order valence-corrected chi connectivity index (χ0v) is 11.6. The predicted octanol–water partition coefficient (Wildman–Crippen LogP) is 0.479. The molecule has 1 atom stereocenters. The number of benzene rings is 1. The molecule has 1 aliphatic heterocycles. The Morgan fingerprint density at radius 1 is 1.47 bits per heavy atom. The van der Waals surface area contributed by atoms with E-state index in [1.165, 1.54) is 12.1 Å². The van der Waals surface area contributed by atoms with Crippen LogP contribution in [-0.2, 0) is 14.8 Å². The van der Waals surface area contributed by atoms with Crippen molar-refractivity contribution in [3.05, 3.63) is 23.2 Å². The van der Waals surface area contributed by atoms with Crippen molar-refractivity contribution in [3.8, 4) is 0 Å². The normalized spacial score (nSPS) is 19.4. The summed E-state index contributed by atoms with van der Waals surface area (Å²) in [5.41, 5.74) is 5.73. The Morgan fingerprint density at radius 3 is 2.79 bits per heavy atom. The summed E-state index contributed by atoms with van der Waals surface area (Å²) in [6.07, 6.45) is 1.03. The molecule has 0 radical (unpaired) electrons. The van der Waals surface area contributed by atoms with Crippen molar-refractivity contribution in [1.29, 1.82) is 0 Å². The second-order valence-corrected chi connectivity index (χ2v) is 6.42. The number of nitrogens with one attached hydrogen (secondary N) is 2. The van der Waals surface area contributed by atoms with Crippen LogP contribution in [0.15, 0.2) is 23.1 Å². The van der Waals surface area contributed by atoms with Crippen molar-refractivity contribution in [1.82, 2.24) is 10.0 Å². The maximum atomic E-state index is 12.1. The zero-order chi connectivity index (χ0) is 14.0. The molecule has 104 valence electrons. The van der Waals surface area contributed by atoms with E-state index in [9.17, 15) is 13.2 Å². The van der Waals surface area contributed by atoms with Gasteiger partial charge in [-0.05, 0) is 18.6 Å². The van der Waals surface area contributed by atoms with Crippen LogP contribution in [0.3, 0.4) is 0 Å². The smallest absolute Gasteiger partial charge is 0.244 e. The fraction of sp³-hybridized carbons (Fsp3) is 0.364. The molecule has 4 N–H and O–H groups in total. The number of hydrogen-bond acceptors (Lipinski definition) is 4. The van der Waals surface area contributed by atoms with Crippen LogP contribution in [0.2, 0.25) is 5.02 Å². The van der Waals surface area contributed by atoms with E-state index in [4.69, 9.17) is 17.3 Å². The molecule has 1 saturated heterocycles. The van der Waals surface area contributed by atoms with Crippen LogP contribution in [-0.4, -0.2) is 26.9 Å². The monoisotopic (exact) mass is 303 g/mol. The number of rotatable bonds is 4. The van der Waals surface area contributed by atoms with Crippen molar-refractivity contribution in [2.75, 3.05) is 12.3 Å². The first kappa shape index (κ1) is 14.1. The number of carbonyl (C=O) groups excluding carboxylic acids is 1. The van der Waals surface area contributed by atoms with E-state index in [1.807, 2.05) is 0 Å². The lowest BCUT2D eigenvalue weighted by Crippen LogP contribution is -2.38. The van der Waals surface area contributed by atoms with Gasteiger partial charge < -0.3 is 11.1 Å². The average molecular weight is 304 g/mol. The third-order valence-electron chi connectivity index (χ3n) is 2.87. The number of nitrogen functional groups attached to an aromatic ring is 1. The summed E-state index contributed by atoms with van der Waals surface area (Å²) < 4.78 is 26.7. The summed E-state index contributed by atoms with van der Waals surface area (Å²) in [5, 5.41) is 2.75. The topological polar surface area (TPSA) is 101 Å². The first-order valence-electron chi connectivity index (χ1n) is 5.73. The van der Waals surface area contributed by atoms with Crippen LogP contribution >= 0.6 is 11.6 Å². The van der Waals surface area contributed by atoms with Crippen LogP contribution in [0.1, 0.15) is 12.8 Å². The highest BCUT2D eigenvalue weighted by atomic mass is 35.5. The number of anilines is 1. The molecule has 6 nitrogen and oxygen atoms in total. The number of carbonyl (C=O) groups is 1. The summed E-state index contributed by atoms with van der Waals surface area (Å²) in [6.45, 7) is 0.124. The number of sulfonamides is 1. The van der Waals surface area contributed by atoms with Crippen LogP contribution < -0.4 is 15.8 Å². The zero-order valence-electron chi connectivity index (χ0n) is 10.0. The van der Waals surface area contributed by atoms with E-state index in [0.29, 0.717) is 12.8 Å². The minimum atomic E-state index is -3.78. The Kier molecular flexibility index (Phi) is 3.98. The molecule has 1 unspecified atom stereocenters. The van der Waals surface area contributed by atoms with Gasteiger partial charge in [-0.25, -0.2) is 13.1 Å². The lowest BCUT2D eigenvalue weighted by molar-refractivity contribution is -0.119. The fourth-order valence-corrected chi connectivity index (χ4v) is 3.68. The SMILES string of the molecule is Nc1cccc(Cl)c1S(=O)(=O)NCC1CCC(=O)N1. The van der Waals surface area contributed by atoms with Crippen LogP contribution in [0.4, 0.5) is 5.69 Å². The largest absolute Gasteiger partial charge is 0.398 e. The predicted molar refractivity (Wildman–Crippen MR) is 72.2 cm³/mol. The van der Waals surface area contributed by atoms with Gasteiger partial charge in [0.25, 0.3) is 0 Å². The number of hydrogen-bond donors (Lipinski definition) is 3. The van der Waals surface area contributed by atoms with Crippen molar-refractivity contribution >= 4 is 33.2 Å². The summed E-state index contributed by atoms with van der Waals surface area (Å²) in [7, 11) is -3.78. The van der Waals surface area contributed by atoms with Crippen LogP contribution in [0, 0.1) is 0 Å². The summed E-state index contributed by atoms with van der Waals surface area (Å²) in [5.74, 6) is -0.0681. The molecule has 0 saturated carbocycles. The molecule has 0 aliphatic carbocycles. The molecule has 0 spiro atoms. The molecular formula is C11H14ClN3O3S. The van der Waals surface area contributed by atoms with Crippen molar-refractivity contribution < 1.29 is 13.2 Å². The lowest BCUT2D eigenvalue weighted by Gasteiger charge is -2.13. The highest BCUT2D eigenvalue weighted by Gasteiger charge is 2.25. The Labute approximate surface area is 116 Å².